The third-order valence-corrected chi connectivity index (χ3v) is 12.9. The van der Waals surface area contributed by atoms with Crippen LogP contribution in [-0.2, 0) is 45.2 Å². The van der Waals surface area contributed by atoms with Gasteiger partial charge in [0.15, 0.2) is 10.3 Å². The van der Waals surface area contributed by atoms with Crippen molar-refractivity contribution in [3.05, 3.63) is 177 Å². The molecule has 0 fully saturated rings. The van der Waals surface area contributed by atoms with Gasteiger partial charge in [0.1, 0.15) is 17.5 Å². The molecule has 0 aliphatic carbocycles. The minimum atomic E-state index is -0.236. The van der Waals surface area contributed by atoms with Crippen LogP contribution < -0.4 is 10.6 Å². The molecule has 0 unspecified atom stereocenters. The van der Waals surface area contributed by atoms with Gasteiger partial charge in [0.2, 0.25) is 11.8 Å². The maximum absolute atomic E-state index is 14.1. The number of thioether (sulfide) groups is 2. The van der Waals surface area contributed by atoms with Gasteiger partial charge in [0, 0.05) is 72.5 Å². The van der Waals surface area contributed by atoms with Gasteiger partial charge >= 0.3 is 0 Å². The van der Waals surface area contributed by atoms with Crippen LogP contribution in [-0.4, -0.2) is 61.6 Å². The van der Waals surface area contributed by atoms with E-state index in [1.807, 2.05) is 118 Å². The molecule has 2 aromatic heterocycles. The topological polar surface area (TPSA) is 129 Å². The Balaban J connectivity index is 0.000000222. The predicted molar refractivity (Wildman–Crippen MR) is 268 cm³/mol. The van der Waals surface area contributed by atoms with Crippen LogP contribution in [0.4, 0.5) is 4.39 Å². The fourth-order valence-corrected chi connectivity index (χ4v) is 9.25. The lowest BCUT2D eigenvalue weighted by Crippen LogP contribution is -2.26. The highest BCUT2D eigenvalue weighted by Gasteiger charge is 2.18. The van der Waals surface area contributed by atoms with Crippen LogP contribution in [0.25, 0.3) is 11.4 Å². The molecule has 0 atom stereocenters. The van der Waals surface area contributed by atoms with Gasteiger partial charge in [-0.2, -0.15) is 0 Å². The lowest BCUT2D eigenvalue weighted by Gasteiger charge is -2.11. The average molecular weight is 1000 g/mol. The first-order valence-electron chi connectivity index (χ1n) is 21.9. The van der Waals surface area contributed by atoms with Crippen molar-refractivity contribution in [2.24, 2.45) is 0 Å². The van der Waals surface area contributed by atoms with E-state index in [9.17, 15) is 14.0 Å². The number of nitrogens with one attached hydrogen (secondary N) is 2. The highest BCUT2D eigenvalue weighted by molar-refractivity contribution is 7.98. The Bertz CT molecular complexity index is 2650. The molecular weight excluding hydrogens is 950 g/mol. The van der Waals surface area contributed by atoms with Crippen molar-refractivity contribution in [3.8, 4) is 11.4 Å². The lowest BCUT2D eigenvalue weighted by atomic mass is 10.1. The van der Waals surface area contributed by atoms with Crippen LogP contribution in [0.2, 0.25) is 15.1 Å². The molecule has 11 nitrogen and oxygen atoms in total. The third-order valence-electron chi connectivity index (χ3n) is 10.2. The van der Waals surface area contributed by atoms with Gasteiger partial charge in [-0.3, -0.25) is 18.7 Å². The van der Waals surface area contributed by atoms with Gasteiger partial charge in [0.05, 0.1) is 18.0 Å². The number of carbonyl (C=O) groups is 2. The Kier molecular flexibility index (Phi) is 21.0. The molecule has 67 heavy (non-hydrogen) atoms. The smallest absolute Gasteiger partial charge is 0.220 e. The molecule has 7 rings (SSSR count). The zero-order valence-corrected chi connectivity index (χ0v) is 41.0. The molecule has 2 heterocycles. The molecule has 0 aliphatic heterocycles. The molecule has 2 amide bonds. The van der Waals surface area contributed by atoms with Crippen molar-refractivity contribution in [2.75, 3.05) is 20.3 Å². The minimum absolute atomic E-state index is 0.0336. The van der Waals surface area contributed by atoms with E-state index in [4.69, 9.17) is 39.5 Å². The predicted octanol–water partition coefficient (Wildman–Crippen LogP) is 11.7. The second-order valence-corrected chi connectivity index (χ2v) is 18.4. The summed E-state index contributed by atoms with van der Waals surface area (Å²) in [5, 5.41) is 26.9. The molecule has 0 saturated carbocycles. The molecule has 350 valence electrons. The second-order valence-electron chi connectivity index (χ2n) is 15.2. The van der Waals surface area contributed by atoms with Crippen molar-refractivity contribution in [3.63, 3.8) is 0 Å². The Morgan fingerprint density at radius 3 is 1.69 bits per heavy atom. The van der Waals surface area contributed by atoms with E-state index in [1.165, 1.54) is 17.8 Å². The minimum Gasteiger partial charge on any atom is -0.383 e. The number of hydrogen-bond acceptors (Lipinski definition) is 9. The van der Waals surface area contributed by atoms with Crippen molar-refractivity contribution in [1.82, 2.24) is 40.2 Å². The van der Waals surface area contributed by atoms with Gasteiger partial charge in [-0.25, -0.2) is 4.39 Å². The summed E-state index contributed by atoms with van der Waals surface area (Å²) in [6, 6.07) is 39.5. The number of aryl methyl sites for hydroxylation is 2. The quantitative estimate of drug-likeness (QED) is 0.0475. The van der Waals surface area contributed by atoms with Gasteiger partial charge in [-0.1, -0.05) is 131 Å². The molecule has 17 heteroatoms. The number of benzene rings is 5. The highest BCUT2D eigenvalue weighted by Crippen LogP contribution is 2.30. The van der Waals surface area contributed by atoms with E-state index < -0.39 is 0 Å². The van der Waals surface area contributed by atoms with Crippen LogP contribution in [0.15, 0.2) is 138 Å². The molecule has 0 spiro atoms. The number of halogens is 4. The van der Waals surface area contributed by atoms with Crippen molar-refractivity contribution in [1.29, 1.82) is 0 Å². The fraction of sp³-hybridized carbons (Fsp3) is 0.280. The number of carbonyl (C=O) groups excluding carboxylic acids is 2. The van der Waals surface area contributed by atoms with Gasteiger partial charge < -0.3 is 15.4 Å². The van der Waals surface area contributed by atoms with E-state index in [-0.39, 0.29) is 17.6 Å². The summed E-state index contributed by atoms with van der Waals surface area (Å²) in [6.07, 6.45) is 5.42. The second kappa shape index (κ2) is 27.6. The third kappa shape index (κ3) is 16.8. The summed E-state index contributed by atoms with van der Waals surface area (Å²) in [6.45, 7) is 1.58. The Hall–Kier alpha value is -5.22. The van der Waals surface area contributed by atoms with Crippen molar-refractivity contribution in [2.45, 2.75) is 79.7 Å². The summed E-state index contributed by atoms with van der Waals surface area (Å²) < 4.78 is 23.0. The Labute approximate surface area is 414 Å². The standard InChI is InChI=1S/C27H26ClFN4OS.C23H26Cl2N4O2S/c28-22-12-8-13-23(17-22)33-25(31-32-27(33)35-19-21-11-4-5-14-24(21)29)15-6-7-16-26(34)30-18-20-9-2-1-3-10-20;1-31-13-12-26-22(30)11-3-2-10-21-27-28-23(29(21)20-9-5-8-19(25)15-20)32-16-17-6-4-7-18(24)14-17/h1-5,8-14,17H,6-7,15-16,18-19H2,(H,30,34);4-9,14-15H,2-3,10-13,16H2,1H3,(H,26,30). The zero-order valence-electron chi connectivity index (χ0n) is 37.1. The zero-order chi connectivity index (χ0) is 47.2. The highest BCUT2D eigenvalue weighted by atomic mass is 35.5. The van der Waals surface area contributed by atoms with E-state index in [2.05, 4.69) is 31.0 Å². The van der Waals surface area contributed by atoms with Gasteiger partial charge in [0.25, 0.3) is 0 Å². The maximum atomic E-state index is 14.1. The molecular formula is C50H52Cl3FN8O3S2. The number of hydrogen-bond donors (Lipinski definition) is 2. The summed E-state index contributed by atoms with van der Waals surface area (Å²) in [5.41, 5.74) is 4.58. The van der Waals surface area contributed by atoms with Crippen LogP contribution in [0, 0.1) is 5.82 Å². The van der Waals surface area contributed by atoms with E-state index in [0.717, 1.165) is 70.7 Å². The maximum Gasteiger partial charge on any atom is 0.220 e. The first-order chi connectivity index (χ1) is 32.7. The SMILES string of the molecule is COCCNC(=O)CCCCc1nnc(SCc2cccc(Cl)c2)n1-c1cccc(Cl)c1.O=C(CCCCc1nnc(SCc2ccccc2F)n1-c1cccc(Cl)c1)NCc1ccccc1. The molecule has 0 radical (unpaired) electrons. The van der Waals surface area contributed by atoms with Crippen molar-refractivity contribution >= 4 is 70.1 Å². The molecule has 0 bridgehead atoms. The summed E-state index contributed by atoms with van der Waals surface area (Å²) in [4.78, 5) is 24.1. The number of rotatable bonds is 23. The number of ether oxygens (including phenoxy) is 1. The summed E-state index contributed by atoms with van der Waals surface area (Å²) in [7, 11) is 1.61. The Morgan fingerprint density at radius 2 is 1.12 bits per heavy atom. The van der Waals surface area contributed by atoms with Crippen molar-refractivity contribution < 1.29 is 18.7 Å². The normalized spacial score (nSPS) is 10.9. The van der Waals surface area contributed by atoms with Crippen LogP contribution in [0.1, 0.15) is 66.9 Å². The number of amides is 2. The first-order valence-corrected chi connectivity index (χ1v) is 25.0. The average Bonchev–Trinajstić information content (AvgIpc) is 3.94. The van der Waals surface area contributed by atoms with Crippen LogP contribution >= 0.6 is 58.3 Å². The van der Waals surface area contributed by atoms with Gasteiger partial charge in [-0.05, 0) is 97.0 Å². The number of nitrogens with zero attached hydrogens (tertiary/aromatic N) is 6. The first kappa shape index (κ1) is 51.2. The van der Waals surface area contributed by atoms with Gasteiger partial charge in [-0.15, -0.1) is 20.4 Å². The number of unbranched alkanes of at least 4 members (excludes halogenated alkanes) is 2. The molecule has 7 aromatic rings. The molecule has 2 N–H and O–H groups in total. The number of aromatic nitrogens is 6. The molecule has 5 aromatic carbocycles. The van der Waals surface area contributed by atoms with E-state index in [0.29, 0.717) is 76.9 Å². The molecule has 0 aliphatic rings. The lowest BCUT2D eigenvalue weighted by molar-refractivity contribution is -0.122. The number of methoxy groups -OCH3 is 1. The fourth-order valence-electron chi connectivity index (χ4n) is 6.80. The summed E-state index contributed by atoms with van der Waals surface area (Å²) >= 11 is 21.6. The largest absolute Gasteiger partial charge is 0.383 e. The molecule has 0 saturated heterocycles. The van der Waals surface area contributed by atoms with Crippen LogP contribution in [0.5, 0.6) is 0 Å². The van der Waals surface area contributed by atoms with E-state index >= 15 is 0 Å². The Morgan fingerprint density at radius 1 is 0.597 bits per heavy atom. The van der Waals surface area contributed by atoms with E-state index in [1.54, 1.807) is 31.0 Å². The summed E-state index contributed by atoms with van der Waals surface area (Å²) in [5.74, 6) is 2.63. The monoisotopic (exact) mass is 1000 g/mol. The van der Waals surface area contributed by atoms with Crippen LogP contribution in [0.3, 0.4) is 0 Å².